The van der Waals surface area contributed by atoms with Gasteiger partial charge in [-0.25, -0.2) is 0 Å². The van der Waals surface area contributed by atoms with E-state index >= 15 is 0 Å². The zero-order valence-electron chi connectivity index (χ0n) is 44.5. The molecule has 5 saturated carbocycles. The molecule has 23 heteroatoms. The molecule has 5 aliphatic heterocycles. The first-order chi connectivity index (χ1) is 35.6. The van der Waals surface area contributed by atoms with E-state index in [0.29, 0.717) is 44.9 Å². The van der Waals surface area contributed by atoms with Crippen LogP contribution >= 0.6 is 0 Å². The molecule has 2 bridgehead atoms. The van der Waals surface area contributed by atoms with Gasteiger partial charge in [-0.1, -0.05) is 41.5 Å². The lowest BCUT2D eigenvalue weighted by molar-refractivity contribution is -0.394. The lowest BCUT2D eigenvalue weighted by Gasteiger charge is -2.74. The Kier molecular flexibility index (Phi) is 15.2. The minimum absolute atomic E-state index is 0.0521. The van der Waals surface area contributed by atoms with E-state index in [1.54, 1.807) is 0 Å². The number of esters is 1. The highest BCUT2D eigenvalue weighted by molar-refractivity contribution is 5.83. The molecule has 10 aliphatic rings. The largest absolute Gasteiger partial charge is 0.458 e. The van der Waals surface area contributed by atoms with Gasteiger partial charge >= 0.3 is 5.97 Å². The number of hydrogen-bond acceptors (Lipinski definition) is 23. The molecule has 76 heavy (non-hydrogen) atoms. The lowest BCUT2D eigenvalue weighted by atomic mass is 9.30. The predicted octanol–water partition coefficient (Wildman–Crippen LogP) is -1.98. The van der Waals surface area contributed by atoms with Crippen molar-refractivity contribution in [1.82, 2.24) is 0 Å². The van der Waals surface area contributed by atoms with Crippen molar-refractivity contribution in [3.63, 3.8) is 0 Å². The second-order valence-corrected chi connectivity index (χ2v) is 26.1. The number of carbonyl (C=O) groups excluding carboxylic acids is 2. The van der Waals surface area contributed by atoms with Crippen molar-refractivity contribution in [2.45, 2.75) is 247 Å². The standard InChI is InChI=1S/C53H84O23/c1-22-31(58)35(62)38(65)42(69-22)75-41-37(64)33(60)24(19-55)71-45(41)72-25-20-68-44(40(34(25)61)74-43-39(66)36(63)32(59)23(18-54)70-43)73-30-10-11-49(5)26(47(30,2)3)8-12-50(6)27(49)9-13-53-28-16-48(4,21-56)14-15-52(28,46(67)76-53)29(57)17-51(50,53)7/h21-45,54-55,57-66H,8-20H2,1-7H3/t22-,23-,24-,25+,26+,27-,28-,29-,30+,31-,32-,33-,34+,35+,36+,37+,38+,39-,40-,41-,42-,43+,44+,45+,48+,49+,50-,51+,52-,53+/m1/s1. The summed E-state index contributed by atoms with van der Waals surface area (Å²) in [7, 11) is 0. The van der Waals surface area contributed by atoms with E-state index in [2.05, 4.69) is 34.6 Å². The monoisotopic (exact) mass is 1090 g/mol. The van der Waals surface area contributed by atoms with Crippen LogP contribution in [0.3, 0.4) is 0 Å². The number of aliphatic hydroxyl groups excluding tert-OH is 12. The molecule has 10 rings (SSSR count). The number of aliphatic hydroxyl groups is 12. The summed E-state index contributed by atoms with van der Waals surface area (Å²) in [6.45, 7) is 12.5. The lowest BCUT2D eigenvalue weighted by Crippen LogP contribution is -2.74. The summed E-state index contributed by atoms with van der Waals surface area (Å²) in [4.78, 5) is 26.8. The van der Waals surface area contributed by atoms with Crippen molar-refractivity contribution in [2.75, 3.05) is 19.8 Å². The van der Waals surface area contributed by atoms with Crippen molar-refractivity contribution in [3.8, 4) is 0 Å². The Morgan fingerprint density at radius 3 is 1.82 bits per heavy atom. The molecule has 23 nitrogen and oxygen atoms in total. The van der Waals surface area contributed by atoms with Crippen LogP contribution < -0.4 is 0 Å². The third kappa shape index (κ3) is 8.32. The van der Waals surface area contributed by atoms with Crippen LogP contribution in [-0.4, -0.2) is 228 Å². The molecule has 5 aliphatic carbocycles. The van der Waals surface area contributed by atoms with Crippen molar-refractivity contribution in [3.05, 3.63) is 0 Å². The molecule has 0 aromatic carbocycles. The molecule has 5 saturated heterocycles. The molecular weight excluding hydrogens is 1000 g/mol. The van der Waals surface area contributed by atoms with Crippen LogP contribution in [0.5, 0.6) is 0 Å². The summed E-state index contributed by atoms with van der Waals surface area (Å²) in [5, 5.41) is 131. The SMILES string of the molecule is C[C@H]1O[C@H](O[C@H]2[C@H](O[C@H]3CO[C@@H](O[C@H]4CC[C@]5(C)[C@H]6CC[C@]78OC(=O)[C@@]9(CC[C@](C)(C=O)C[C@H]97)[C@H](O)C[C@@]8(C)[C@]6(C)CC[C@H]5C4(C)C)[C@H](O[C@@H]4O[C@H](CO)[C@@H](O)[C@H](O)[C@H]4O)[C@H]3O)O[C@H](CO)[C@@H](O)[C@@H]2O)[C@@H](O)[C@@H](O)[C@@H]1O. The van der Waals surface area contributed by atoms with E-state index in [1.165, 1.54) is 6.92 Å². The first-order valence-corrected chi connectivity index (χ1v) is 27.6. The van der Waals surface area contributed by atoms with Crippen LogP contribution in [0, 0.1) is 50.2 Å². The molecule has 1 spiro atoms. The second kappa shape index (κ2) is 20.1. The van der Waals surface area contributed by atoms with Gasteiger partial charge in [-0.3, -0.25) is 4.79 Å². The third-order valence-corrected chi connectivity index (χ3v) is 22.2. The first kappa shape index (κ1) is 57.6. The van der Waals surface area contributed by atoms with Gasteiger partial charge in [-0.2, -0.15) is 0 Å². The van der Waals surface area contributed by atoms with Gasteiger partial charge in [0.15, 0.2) is 25.2 Å². The number of aldehydes is 1. The Morgan fingerprint density at radius 2 is 1.17 bits per heavy atom. The fraction of sp³-hybridized carbons (Fsp3) is 0.962. The Balaban J connectivity index is 0.907. The van der Waals surface area contributed by atoms with Gasteiger partial charge < -0.3 is 109 Å². The van der Waals surface area contributed by atoms with E-state index in [0.717, 1.165) is 25.5 Å². The fourth-order valence-corrected chi connectivity index (χ4v) is 17.5. The average Bonchev–Trinajstić information content (AvgIpc) is 3.85. The zero-order chi connectivity index (χ0) is 55.2. The van der Waals surface area contributed by atoms with E-state index in [9.17, 15) is 70.9 Å². The summed E-state index contributed by atoms with van der Waals surface area (Å²) < 4.78 is 55.7. The predicted molar refractivity (Wildman–Crippen MR) is 255 cm³/mol. The van der Waals surface area contributed by atoms with Crippen LogP contribution in [-0.2, 0) is 52.2 Å². The summed E-state index contributed by atoms with van der Waals surface area (Å²) in [6, 6.07) is 0. The molecule has 12 N–H and O–H groups in total. The Bertz CT molecular complexity index is 2140. The van der Waals surface area contributed by atoms with Gasteiger partial charge in [0.25, 0.3) is 0 Å². The summed E-state index contributed by atoms with van der Waals surface area (Å²) in [5.41, 5.74) is -4.36. The zero-order valence-corrected chi connectivity index (χ0v) is 44.5. The van der Waals surface area contributed by atoms with Crippen molar-refractivity contribution in [1.29, 1.82) is 0 Å². The minimum atomic E-state index is -1.91. The number of hydrogen-bond donors (Lipinski definition) is 12. The van der Waals surface area contributed by atoms with Gasteiger partial charge in [0.05, 0.1) is 38.1 Å². The van der Waals surface area contributed by atoms with Crippen LogP contribution in [0.2, 0.25) is 0 Å². The maximum atomic E-state index is 14.2. The van der Waals surface area contributed by atoms with Crippen LogP contribution in [0.4, 0.5) is 0 Å². The highest BCUT2D eigenvalue weighted by Crippen LogP contribution is 2.81. The van der Waals surface area contributed by atoms with E-state index in [4.69, 9.17) is 42.6 Å². The quantitative estimate of drug-likeness (QED) is 0.0606. The summed E-state index contributed by atoms with van der Waals surface area (Å²) in [6.07, 6.45) is -26.0. The summed E-state index contributed by atoms with van der Waals surface area (Å²) >= 11 is 0. The van der Waals surface area contributed by atoms with Crippen LogP contribution in [0.25, 0.3) is 0 Å². The van der Waals surface area contributed by atoms with E-state index in [1.807, 2.05) is 6.92 Å². The summed E-state index contributed by atoms with van der Waals surface area (Å²) in [5.74, 6) is -0.445. The second-order valence-electron chi connectivity index (χ2n) is 26.1. The molecule has 0 unspecified atom stereocenters. The smallest absolute Gasteiger partial charge is 0.315 e. The Hall–Kier alpha value is -1.66. The molecule has 0 radical (unpaired) electrons. The molecule has 5 heterocycles. The van der Waals surface area contributed by atoms with Crippen molar-refractivity contribution < 1.29 is 113 Å². The van der Waals surface area contributed by atoms with Gasteiger partial charge in [-0.15, -0.1) is 0 Å². The Labute approximate surface area is 442 Å². The molecule has 0 amide bonds. The van der Waals surface area contributed by atoms with Crippen LogP contribution in [0.15, 0.2) is 0 Å². The van der Waals surface area contributed by atoms with Gasteiger partial charge in [0.1, 0.15) is 103 Å². The molecule has 10 fully saturated rings. The highest BCUT2D eigenvalue weighted by Gasteiger charge is 2.83. The number of ether oxygens (including phenoxy) is 9. The Morgan fingerprint density at radius 1 is 0.579 bits per heavy atom. The fourth-order valence-electron chi connectivity index (χ4n) is 17.5. The van der Waals surface area contributed by atoms with E-state index in [-0.39, 0.29) is 34.6 Å². The molecule has 0 aromatic heterocycles. The van der Waals surface area contributed by atoms with Crippen molar-refractivity contribution in [2.24, 2.45) is 50.2 Å². The van der Waals surface area contributed by atoms with Crippen LogP contribution in [0.1, 0.15) is 113 Å². The third-order valence-electron chi connectivity index (χ3n) is 22.2. The minimum Gasteiger partial charge on any atom is -0.458 e. The topological polar surface area (TPSA) is 360 Å². The normalized spacial score (nSPS) is 57.8. The maximum absolute atomic E-state index is 14.2. The molecule has 434 valence electrons. The average molecular weight is 1090 g/mol. The number of carbonyl (C=O) groups is 2. The highest BCUT2D eigenvalue weighted by atomic mass is 16.8. The van der Waals surface area contributed by atoms with E-state index < -0.39 is 176 Å². The molecular formula is C53H84O23. The first-order valence-electron chi connectivity index (χ1n) is 27.6. The molecule has 30 atom stereocenters. The van der Waals surface area contributed by atoms with Gasteiger partial charge in [0, 0.05) is 16.7 Å². The number of fused-ring (bicyclic) bond motifs is 4. The number of rotatable bonds is 11. The van der Waals surface area contributed by atoms with Gasteiger partial charge in [-0.05, 0) is 99.2 Å². The maximum Gasteiger partial charge on any atom is 0.315 e. The molecule has 0 aromatic rings. The van der Waals surface area contributed by atoms with Gasteiger partial charge in [0.2, 0.25) is 0 Å². The van der Waals surface area contributed by atoms with Crippen molar-refractivity contribution >= 4 is 12.3 Å².